The SMILES string of the molecule is COCCC1(C(=O)O)CCCCN1. The van der Waals surface area contributed by atoms with Gasteiger partial charge in [-0.15, -0.1) is 0 Å². The highest BCUT2D eigenvalue weighted by Crippen LogP contribution is 2.23. The van der Waals surface area contributed by atoms with E-state index in [-0.39, 0.29) is 0 Å². The van der Waals surface area contributed by atoms with Gasteiger partial charge in [-0.05, 0) is 32.2 Å². The first kappa shape index (κ1) is 10.5. The topological polar surface area (TPSA) is 58.6 Å². The summed E-state index contributed by atoms with van der Waals surface area (Å²) in [4.78, 5) is 11.1. The number of nitrogens with one attached hydrogen (secondary N) is 1. The summed E-state index contributed by atoms with van der Waals surface area (Å²) in [5, 5.41) is 12.2. The summed E-state index contributed by atoms with van der Waals surface area (Å²) in [6.07, 6.45) is 3.33. The molecule has 0 radical (unpaired) electrons. The van der Waals surface area contributed by atoms with Crippen LogP contribution >= 0.6 is 0 Å². The molecule has 0 saturated carbocycles. The second kappa shape index (κ2) is 4.58. The maximum absolute atomic E-state index is 11.1. The van der Waals surface area contributed by atoms with Crippen LogP contribution in [-0.2, 0) is 9.53 Å². The summed E-state index contributed by atoms with van der Waals surface area (Å²) in [5.41, 5.74) is -0.728. The Morgan fingerprint density at radius 2 is 2.38 bits per heavy atom. The van der Waals surface area contributed by atoms with Crippen LogP contribution in [0.3, 0.4) is 0 Å². The van der Waals surface area contributed by atoms with Crippen molar-refractivity contribution in [2.75, 3.05) is 20.3 Å². The molecule has 0 spiro atoms. The zero-order valence-corrected chi connectivity index (χ0v) is 8.01. The Balaban J connectivity index is 2.56. The van der Waals surface area contributed by atoms with Crippen molar-refractivity contribution in [2.45, 2.75) is 31.2 Å². The molecule has 1 atom stereocenters. The van der Waals surface area contributed by atoms with Gasteiger partial charge < -0.3 is 15.2 Å². The van der Waals surface area contributed by atoms with Crippen molar-refractivity contribution in [3.63, 3.8) is 0 Å². The molecule has 76 valence electrons. The fourth-order valence-electron chi connectivity index (χ4n) is 1.75. The molecule has 1 fully saturated rings. The summed E-state index contributed by atoms with van der Waals surface area (Å²) < 4.78 is 4.92. The molecule has 2 N–H and O–H groups in total. The van der Waals surface area contributed by atoms with E-state index in [4.69, 9.17) is 9.84 Å². The zero-order chi connectivity index (χ0) is 9.73. The van der Waals surface area contributed by atoms with Crippen LogP contribution in [0.25, 0.3) is 0 Å². The van der Waals surface area contributed by atoms with E-state index >= 15 is 0 Å². The van der Waals surface area contributed by atoms with Crippen LogP contribution in [0.5, 0.6) is 0 Å². The first-order chi connectivity index (χ1) is 6.21. The summed E-state index contributed by atoms with van der Waals surface area (Å²) in [6.45, 7) is 1.30. The highest BCUT2D eigenvalue weighted by atomic mass is 16.5. The van der Waals surface area contributed by atoms with Crippen LogP contribution in [0, 0.1) is 0 Å². The van der Waals surface area contributed by atoms with E-state index in [1.165, 1.54) is 0 Å². The van der Waals surface area contributed by atoms with Gasteiger partial charge in [-0.25, -0.2) is 0 Å². The van der Waals surface area contributed by atoms with Crippen LogP contribution in [0.15, 0.2) is 0 Å². The lowest BCUT2D eigenvalue weighted by Crippen LogP contribution is -2.55. The van der Waals surface area contributed by atoms with Gasteiger partial charge in [0.25, 0.3) is 0 Å². The normalized spacial score (nSPS) is 28.7. The van der Waals surface area contributed by atoms with Crippen molar-refractivity contribution in [3.05, 3.63) is 0 Å². The molecule has 13 heavy (non-hydrogen) atoms. The number of piperidine rings is 1. The molecule has 1 unspecified atom stereocenters. The zero-order valence-electron chi connectivity index (χ0n) is 8.01. The third-order valence-corrected chi connectivity index (χ3v) is 2.64. The Labute approximate surface area is 78.3 Å². The Morgan fingerprint density at radius 3 is 2.85 bits per heavy atom. The maximum Gasteiger partial charge on any atom is 0.323 e. The molecule has 1 aliphatic rings. The van der Waals surface area contributed by atoms with E-state index in [1.807, 2.05) is 0 Å². The van der Waals surface area contributed by atoms with Gasteiger partial charge in [0, 0.05) is 13.7 Å². The highest BCUT2D eigenvalue weighted by Gasteiger charge is 2.38. The molecule has 1 aliphatic heterocycles. The number of aliphatic carboxylic acids is 1. The van der Waals surface area contributed by atoms with Crippen LogP contribution in [-0.4, -0.2) is 36.9 Å². The third kappa shape index (κ3) is 2.42. The lowest BCUT2D eigenvalue weighted by Gasteiger charge is -2.34. The number of methoxy groups -OCH3 is 1. The molecule has 0 amide bonds. The predicted molar refractivity (Wildman–Crippen MR) is 48.7 cm³/mol. The van der Waals surface area contributed by atoms with Crippen molar-refractivity contribution in [1.29, 1.82) is 0 Å². The standard InChI is InChI=1S/C9H17NO3/c1-13-7-5-9(8(11)12)4-2-3-6-10-9/h10H,2-7H2,1H3,(H,11,12). The minimum absolute atomic E-state index is 0.499. The van der Waals surface area contributed by atoms with Crippen molar-refractivity contribution in [3.8, 4) is 0 Å². The quantitative estimate of drug-likeness (QED) is 0.677. The summed E-state index contributed by atoms with van der Waals surface area (Å²) in [7, 11) is 1.60. The molecule has 4 heteroatoms. The largest absolute Gasteiger partial charge is 0.480 e. The fraction of sp³-hybridized carbons (Fsp3) is 0.889. The first-order valence-electron chi connectivity index (χ1n) is 4.69. The second-order valence-electron chi connectivity index (χ2n) is 3.51. The van der Waals surface area contributed by atoms with E-state index in [0.29, 0.717) is 19.4 Å². The van der Waals surface area contributed by atoms with Crippen LogP contribution in [0.2, 0.25) is 0 Å². The van der Waals surface area contributed by atoms with Crippen LogP contribution in [0.4, 0.5) is 0 Å². The molecular weight excluding hydrogens is 170 g/mol. The van der Waals surface area contributed by atoms with Crippen molar-refractivity contribution >= 4 is 5.97 Å². The molecule has 0 aliphatic carbocycles. The second-order valence-corrected chi connectivity index (χ2v) is 3.51. The number of rotatable bonds is 4. The van der Waals surface area contributed by atoms with Gasteiger partial charge in [-0.3, -0.25) is 4.79 Å². The highest BCUT2D eigenvalue weighted by molar-refractivity contribution is 5.78. The monoisotopic (exact) mass is 187 g/mol. The lowest BCUT2D eigenvalue weighted by molar-refractivity contribution is -0.146. The number of hydrogen-bond donors (Lipinski definition) is 2. The molecule has 0 aromatic heterocycles. The van der Waals surface area contributed by atoms with E-state index in [1.54, 1.807) is 7.11 Å². The lowest BCUT2D eigenvalue weighted by atomic mass is 9.86. The Kier molecular flexibility index (Phi) is 3.69. The average molecular weight is 187 g/mol. The molecule has 1 saturated heterocycles. The summed E-state index contributed by atoms with van der Waals surface area (Å²) in [6, 6.07) is 0. The van der Waals surface area contributed by atoms with Gasteiger partial charge in [0.05, 0.1) is 0 Å². The van der Waals surface area contributed by atoms with E-state index in [0.717, 1.165) is 19.4 Å². The first-order valence-corrected chi connectivity index (χ1v) is 4.69. The summed E-state index contributed by atoms with van der Waals surface area (Å²) >= 11 is 0. The maximum atomic E-state index is 11.1. The van der Waals surface area contributed by atoms with E-state index < -0.39 is 11.5 Å². The van der Waals surface area contributed by atoms with Gasteiger partial charge in [0.15, 0.2) is 0 Å². The third-order valence-electron chi connectivity index (χ3n) is 2.64. The van der Waals surface area contributed by atoms with Crippen molar-refractivity contribution in [2.24, 2.45) is 0 Å². The van der Waals surface area contributed by atoms with Gasteiger partial charge in [-0.1, -0.05) is 0 Å². The minimum Gasteiger partial charge on any atom is -0.480 e. The van der Waals surface area contributed by atoms with Crippen molar-refractivity contribution in [1.82, 2.24) is 5.32 Å². The van der Waals surface area contributed by atoms with Gasteiger partial charge >= 0.3 is 5.97 Å². The molecular formula is C9H17NO3. The molecule has 4 nitrogen and oxygen atoms in total. The minimum atomic E-state index is -0.746. The average Bonchev–Trinajstić information content (AvgIpc) is 2.16. The molecule has 1 heterocycles. The van der Waals surface area contributed by atoms with Gasteiger partial charge in [0.1, 0.15) is 5.54 Å². The summed E-state index contributed by atoms with van der Waals surface area (Å²) in [5.74, 6) is -0.746. The molecule has 0 bridgehead atoms. The molecule has 0 aromatic carbocycles. The van der Waals surface area contributed by atoms with Crippen molar-refractivity contribution < 1.29 is 14.6 Å². The van der Waals surface area contributed by atoms with E-state index in [9.17, 15) is 4.79 Å². The number of carbonyl (C=O) groups is 1. The fourth-order valence-corrected chi connectivity index (χ4v) is 1.75. The van der Waals surface area contributed by atoms with E-state index in [2.05, 4.69) is 5.32 Å². The van der Waals surface area contributed by atoms with Crippen LogP contribution in [0.1, 0.15) is 25.7 Å². The van der Waals surface area contributed by atoms with Crippen LogP contribution < -0.4 is 5.32 Å². The predicted octanol–water partition coefficient (Wildman–Crippen LogP) is 0.620. The van der Waals surface area contributed by atoms with Gasteiger partial charge in [0.2, 0.25) is 0 Å². The number of ether oxygens (including phenoxy) is 1. The smallest absolute Gasteiger partial charge is 0.323 e. The number of carboxylic acids is 1. The molecule has 1 rings (SSSR count). The Morgan fingerprint density at radius 1 is 1.62 bits per heavy atom. The van der Waals surface area contributed by atoms with Gasteiger partial charge in [-0.2, -0.15) is 0 Å². The Hall–Kier alpha value is -0.610. The number of carboxylic acid groups (broad SMARTS) is 1. The Bertz CT molecular complexity index is 176. The molecule has 0 aromatic rings. The number of hydrogen-bond acceptors (Lipinski definition) is 3.